The molecule has 1 aliphatic heterocycles. The topological polar surface area (TPSA) is 46.4 Å². The number of benzene rings is 2. The molecule has 25 heavy (non-hydrogen) atoms. The van der Waals surface area contributed by atoms with Gasteiger partial charge >= 0.3 is 0 Å². The minimum absolute atomic E-state index is 0.0783. The summed E-state index contributed by atoms with van der Waals surface area (Å²) >= 11 is 1.58. The number of nitrogens with zero attached hydrogens (tertiary/aromatic N) is 2. The van der Waals surface area contributed by atoms with E-state index in [1.807, 2.05) is 76.7 Å². The first kappa shape index (κ1) is 14.2. The second kappa shape index (κ2) is 5.43. The number of thiazole rings is 1. The number of carbonyl (C=O) groups is 1. The fourth-order valence-corrected chi connectivity index (χ4v) is 3.89. The minimum Gasteiger partial charge on any atom is -0.321 e. The molecule has 1 N–H and O–H groups in total. The highest BCUT2D eigenvalue weighted by atomic mass is 32.1. The van der Waals surface area contributed by atoms with Crippen LogP contribution in [-0.2, 0) is 4.79 Å². The predicted octanol–water partition coefficient (Wildman–Crippen LogP) is 4.56. The third-order valence-corrected chi connectivity index (χ3v) is 5.09. The summed E-state index contributed by atoms with van der Waals surface area (Å²) < 4.78 is 2.04. The number of amides is 1. The molecular formula is C20H13N3OS. The average molecular weight is 343 g/mol. The van der Waals surface area contributed by atoms with E-state index in [0.29, 0.717) is 5.57 Å². The Morgan fingerprint density at radius 3 is 2.72 bits per heavy atom. The lowest BCUT2D eigenvalue weighted by Gasteiger charge is -2.02. The van der Waals surface area contributed by atoms with Gasteiger partial charge in [0.2, 0.25) is 0 Å². The molecule has 4 nitrogen and oxygen atoms in total. The Balaban J connectivity index is 1.76. The maximum atomic E-state index is 12.5. The zero-order valence-electron chi connectivity index (χ0n) is 13.1. The number of aromatic nitrogens is 2. The van der Waals surface area contributed by atoms with Crippen molar-refractivity contribution in [2.24, 2.45) is 0 Å². The molecule has 0 fully saturated rings. The summed E-state index contributed by atoms with van der Waals surface area (Å²) in [6.07, 6.45) is 3.93. The molecule has 0 unspecified atom stereocenters. The monoisotopic (exact) mass is 343 g/mol. The first-order valence-electron chi connectivity index (χ1n) is 7.95. The van der Waals surface area contributed by atoms with Gasteiger partial charge in [0.25, 0.3) is 5.91 Å². The van der Waals surface area contributed by atoms with Gasteiger partial charge in [0.15, 0.2) is 4.96 Å². The molecule has 4 aromatic rings. The average Bonchev–Trinajstić information content (AvgIpc) is 3.31. The summed E-state index contributed by atoms with van der Waals surface area (Å²) in [7, 11) is 0. The van der Waals surface area contributed by atoms with Crippen LogP contribution in [0.4, 0.5) is 5.69 Å². The molecule has 5 heteroatoms. The van der Waals surface area contributed by atoms with Crippen LogP contribution in [0.2, 0.25) is 0 Å². The first-order chi connectivity index (χ1) is 12.3. The SMILES string of the molecule is O=C1Nc2ccccc2/C1=C/c1c(-c2ccccc2)nc2sccn12. The van der Waals surface area contributed by atoms with Crippen LogP contribution in [0, 0.1) is 0 Å². The molecule has 1 amide bonds. The quantitative estimate of drug-likeness (QED) is 0.543. The molecule has 120 valence electrons. The van der Waals surface area contributed by atoms with Crippen LogP contribution in [0.15, 0.2) is 66.2 Å². The molecular weight excluding hydrogens is 330 g/mol. The van der Waals surface area contributed by atoms with Gasteiger partial charge in [-0.2, -0.15) is 0 Å². The van der Waals surface area contributed by atoms with E-state index >= 15 is 0 Å². The predicted molar refractivity (Wildman–Crippen MR) is 101 cm³/mol. The fraction of sp³-hybridized carbons (Fsp3) is 0. The highest BCUT2D eigenvalue weighted by Gasteiger charge is 2.25. The fourth-order valence-electron chi connectivity index (χ4n) is 3.17. The highest BCUT2D eigenvalue weighted by molar-refractivity contribution is 7.15. The lowest BCUT2D eigenvalue weighted by Crippen LogP contribution is -2.03. The van der Waals surface area contributed by atoms with Crippen molar-refractivity contribution >= 4 is 39.5 Å². The van der Waals surface area contributed by atoms with Crippen LogP contribution in [0.3, 0.4) is 0 Å². The van der Waals surface area contributed by atoms with Crippen LogP contribution in [0.5, 0.6) is 0 Å². The Hall–Kier alpha value is -3.18. The van der Waals surface area contributed by atoms with Crippen LogP contribution >= 0.6 is 11.3 Å². The van der Waals surface area contributed by atoms with Gasteiger partial charge in [-0.05, 0) is 12.1 Å². The summed E-state index contributed by atoms with van der Waals surface area (Å²) in [6, 6.07) is 17.8. The smallest absolute Gasteiger partial charge is 0.256 e. The number of anilines is 1. The maximum Gasteiger partial charge on any atom is 0.256 e. The summed E-state index contributed by atoms with van der Waals surface area (Å²) in [4.78, 5) is 18.2. The molecule has 1 aliphatic rings. The van der Waals surface area contributed by atoms with Crippen molar-refractivity contribution in [3.05, 3.63) is 77.4 Å². The molecule has 0 bridgehead atoms. The number of rotatable bonds is 2. The van der Waals surface area contributed by atoms with Crippen molar-refractivity contribution in [1.82, 2.24) is 9.38 Å². The zero-order chi connectivity index (χ0) is 16.8. The summed E-state index contributed by atoms with van der Waals surface area (Å²) in [6.45, 7) is 0. The minimum atomic E-state index is -0.0783. The number of para-hydroxylation sites is 1. The Bertz CT molecular complexity index is 1140. The number of hydrogen-bond acceptors (Lipinski definition) is 3. The Kier molecular flexibility index (Phi) is 3.08. The van der Waals surface area contributed by atoms with Gasteiger partial charge in [0, 0.05) is 28.4 Å². The number of nitrogens with one attached hydrogen (secondary N) is 1. The molecule has 0 radical (unpaired) electrons. The normalized spacial score (nSPS) is 14.9. The number of fused-ring (bicyclic) bond motifs is 2. The van der Waals surface area contributed by atoms with Crippen molar-refractivity contribution in [1.29, 1.82) is 0 Å². The molecule has 0 saturated heterocycles. The lowest BCUT2D eigenvalue weighted by molar-refractivity contribution is -0.110. The van der Waals surface area contributed by atoms with Crippen LogP contribution in [0.25, 0.3) is 27.9 Å². The largest absolute Gasteiger partial charge is 0.321 e. The van der Waals surface area contributed by atoms with Crippen LogP contribution in [-0.4, -0.2) is 15.3 Å². The van der Waals surface area contributed by atoms with E-state index in [4.69, 9.17) is 4.98 Å². The third kappa shape index (κ3) is 2.21. The molecule has 0 aliphatic carbocycles. The van der Waals surface area contributed by atoms with Gasteiger partial charge in [-0.15, -0.1) is 11.3 Å². The highest BCUT2D eigenvalue weighted by Crippen LogP contribution is 2.35. The van der Waals surface area contributed by atoms with Gasteiger partial charge in [0.05, 0.1) is 17.0 Å². The Labute approximate surface area is 148 Å². The standard InChI is InChI=1S/C20H13N3OS/c24-19-15(14-8-4-5-9-16(14)21-19)12-17-18(13-6-2-1-3-7-13)22-20-23(17)10-11-25-20/h1-12H,(H,21,24)/b15-12-. The van der Waals surface area contributed by atoms with Gasteiger partial charge < -0.3 is 5.32 Å². The van der Waals surface area contributed by atoms with E-state index in [9.17, 15) is 4.79 Å². The van der Waals surface area contributed by atoms with Gasteiger partial charge in [-0.25, -0.2) is 4.98 Å². The van der Waals surface area contributed by atoms with Crippen LogP contribution < -0.4 is 5.32 Å². The van der Waals surface area contributed by atoms with E-state index in [2.05, 4.69) is 5.32 Å². The number of hydrogen-bond donors (Lipinski definition) is 1. The second-order valence-corrected chi connectivity index (χ2v) is 6.70. The van der Waals surface area contributed by atoms with E-state index in [0.717, 1.165) is 33.2 Å². The second-order valence-electron chi connectivity index (χ2n) is 5.82. The number of carbonyl (C=O) groups excluding carboxylic acids is 1. The van der Waals surface area contributed by atoms with Crippen molar-refractivity contribution in [3.63, 3.8) is 0 Å². The van der Waals surface area contributed by atoms with Gasteiger partial charge in [-0.1, -0.05) is 48.5 Å². The summed E-state index contributed by atoms with van der Waals surface area (Å²) in [5.74, 6) is -0.0783. The molecule has 2 aromatic carbocycles. The molecule has 0 saturated carbocycles. The molecule has 5 rings (SSSR count). The van der Waals surface area contributed by atoms with Crippen LogP contribution in [0.1, 0.15) is 11.3 Å². The van der Waals surface area contributed by atoms with Crippen molar-refractivity contribution in [2.45, 2.75) is 0 Å². The summed E-state index contributed by atoms with van der Waals surface area (Å²) in [5.41, 5.74) is 5.29. The molecule has 0 atom stereocenters. The molecule has 2 aromatic heterocycles. The third-order valence-electron chi connectivity index (χ3n) is 4.34. The number of imidazole rings is 1. The van der Waals surface area contributed by atoms with Crippen molar-refractivity contribution in [2.75, 3.05) is 5.32 Å². The zero-order valence-corrected chi connectivity index (χ0v) is 14.0. The Morgan fingerprint density at radius 2 is 1.84 bits per heavy atom. The van der Waals surface area contributed by atoms with E-state index in [-0.39, 0.29) is 5.91 Å². The van der Waals surface area contributed by atoms with Gasteiger partial charge in [-0.3, -0.25) is 9.20 Å². The van der Waals surface area contributed by atoms with E-state index < -0.39 is 0 Å². The van der Waals surface area contributed by atoms with Crippen molar-refractivity contribution < 1.29 is 4.79 Å². The van der Waals surface area contributed by atoms with E-state index in [1.165, 1.54) is 0 Å². The van der Waals surface area contributed by atoms with Gasteiger partial charge in [0.1, 0.15) is 0 Å². The molecule has 3 heterocycles. The Morgan fingerprint density at radius 1 is 1.04 bits per heavy atom. The first-order valence-corrected chi connectivity index (χ1v) is 8.82. The molecule has 0 spiro atoms. The van der Waals surface area contributed by atoms with Crippen molar-refractivity contribution in [3.8, 4) is 11.3 Å². The maximum absolute atomic E-state index is 12.5. The lowest BCUT2D eigenvalue weighted by atomic mass is 10.0. The summed E-state index contributed by atoms with van der Waals surface area (Å²) in [5, 5.41) is 4.93. The van der Waals surface area contributed by atoms with E-state index in [1.54, 1.807) is 11.3 Å².